The fourth-order valence-electron chi connectivity index (χ4n) is 3.77. The lowest BCUT2D eigenvalue weighted by molar-refractivity contribution is -0.119. The number of aryl methyl sites for hydroxylation is 1. The molecule has 36 heavy (non-hydrogen) atoms. The summed E-state index contributed by atoms with van der Waals surface area (Å²) >= 11 is 1.02. The maximum atomic E-state index is 13.4. The lowest BCUT2D eigenvalue weighted by atomic mass is 10.1. The van der Waals surface area contributed by atoms with Gasteiger partial charge in [0.2, 0.25) is 18.6 Å². The molecular formula is C22H20N6O7S. The number of hydrogen-bond acceptors (Lipinski definition) is 10. The molecule has 0 unspecified atom stereocenters. The minimum absolute atomic E-state index is 0.00614. The SMILES string of the molecule is COC(=O)c1csc(NC(=O)[C@H](Cc2cn(C)cn2)n2c(O)c(-c3ccc4c(c3)OCO4)[nH]c2=O)n1. The molecule has 3 aromatic heterocycles. The largest absolute Gasteiger partial charge is 0.493 e. The number of esters is 1. The van der Waals surface area contributed by atoms with Crippen molar-refractivity contribution in [2.75, 3.05) is 19.2 Å². The van der Waals surface area contributed by atoms with Gasteiger partial charge in [0, 0.05) is 30.6 Å². The van der Waals surface area contributed by atoms with Crippen LogP contribution in [0.1, 0.15) is 22.2 Å². The first-order chi connectivity index (χ1) is 17.3. The molecule has 0 aliphatic carbocycles. The fourth-order valence-corrected chi connectivity index (χ4v) is 4.45. The zero-order valence-electron chi connectivity index (χ0n) is 19.0. The minimum atomic E-state index is -1.20. The standard InChI is InChI=1S/C22H20N6O7S/c1-27-7-12(23-9-27)6-14(18(29)26-21-24-13(8-36-21)20(31)33-2)28-19(30)17(25-22(28)32)11-3-4-15-16(5-11)35-10-34-15/h3-5,7-9,14,30H,6,10H2,1-2H3,(H,25,32)(H,24,26,29)/t14-/m0/s1. The van der Waals surface area contributed by atoms with E-state index in [1.54, 1.807) is 42.3 Å². The number of imidazole rings is 2. The molecule has 1 aromatic carbocycles. The summed E-state index contributed by atoms with van der Waals surface area (Å²) in [6.45, 7) is 0.0725. The summed E-state index contributed by atoms with van der Waals surface area (Å²) in [5.41, 5.74) is 0.423. The number of ether oxygens (including phenoxy) is 3. The van der Waals surface area contributed by atoms with E-state index in [1.807, 2.05) is 0 Å². The molecule has 186 valence electrons. The number of aromatic hydroxyl groups is 1. The van der Waals surface area contributed by atoms with Gasteiger partial charge < -0.3 is 34.2 Å². The average molecular weight is 513 g/mol. The molecule has 1 amide bonds. The summed E-state index contributed by atoms with van der Waals surface area (Å²) in [6.07, 6.45) is 3.26. The molecule has 5 rings (SSSR count). The summed E-state index contributed by atoms with van der Waals surface area (Å²) in [7, 11) is 2.99. The Balaban J connectivity index is 1.50. The van der Waals surface area contributed by atoms with Gasteiger partial charge >= 0.3 is 11.7 Å². The Labute approximate surface area is 206 Å². The molecule has 13 nitrogen and oxygen atoms in total. The van der Waals surface area contributed by atoms with Gasteiger partial charge in [-0.15, -0.1) is 11.3 Å². The van der Waals surface area contributed by atoms with Crippen LogP contribution in [-0.4, -0.2) is 55.0 Å². The Morgan fingerprint density at radius 2 is 2.14 bits per heavy atom. The zero-order chi connectivity index (χ0) is 25.4. The normalized spacial score (nSPS) is 12.9. The number of aromatic nitrogens is 5. The van der Waals surface area contributed by atoms with E-state index >= 15 is 0 Å². The van der Waals surface area contributed by atoms with Crippen LogP contribution in [0.5, 0.6) is 17.4 Å². The number of rotatable bonds is 7. The maximum Gasteiger partial charge on any atom is 0.357 e. The Morgan fingerprint density at radius 1 is 1.33 bits per heavy atom. The second-order valence-electron chi connectivity index (χ2n) is 7.84. The van der Waals surface area contributed by atoms with E-state index in [0.29, 0.717) is 22.8 Å². The van der Waals surface area contributed by atoms with Crippen LogP contribution >= 0.6 is 11.3 Å². The molecule has 1 aliphatic heterocycles. The number of hydrogen-bond donors (Lipinski definition) is 3. The second-order valence-corrected chi connectivity index (χ2v) is 8.69. The molecule has 1 aliphatic rings. The summed E-state index contributed by atoms with van der Waals surface area (Å²) < 4.78 is 18.0. The molecule has 4 heterocycles. The first-order valence-corrected chi connectivity index (χ1v) is 11.5. The molecule has 1 atom stereocenters. The van der Waals surface area contributed by atoms with Gasteiger partial charge in [-0.2, -0.15) is 0 Å². The van der Waals surface area contributed by atoms with E-state index in [4.69, 9.17) is 9.47 Å². The number of fused-ring (bicyclic) bond motifs is 1. The van der Waals surface area contributed by atoms with Crippen LogP contribution in [0.4, 0.5) is 5.13 Å². The van der Waals surface area contributed by atoms with Crippen molar-refractivity contribution in [1.82, 2.24) is 24.1 Å². The van der Waals surface area contributed by atoms with Crippen LogP contribution in [0.3, 0.4) is 0 Å². The Kier molecular flexibility index (Phi) is 5.93. The summed E-state index contributed by atoms with van der Waals surface area (Å²) in [5, 5.41) is 15.2. The summed E-state index contributed by atoms with van der Waals surface area (Å²) in [6, 6.07) is 3.74. The van der Waals surface area contributed by atoms with Gasteiger partial charge in [0.15, 0.2) is 22.3 Å². The molecule has 0 saturated heterocycles. The fraction of sp³-hybridized carbons (Fsp3) is 0.227. The van der Waals surface area contributed by atoms with Crippen molar-refractivity contribution in [2.45, 2.75) is 12.5 Å². The average Bonchev–Trinajstić information content (AvgIpc) is 3.65. The van der Waals surface area contributed by atoms with E-state index in [1.165, 1.54) is 12.5 Å². The molecule has 0 fully saturated rings. The van der Waals surface area contributed by atoms with E-state index in [-0.39, 0.29) is 29.7 Å². The van der Waals surface area contributed by atoms with Crippen LogP contribution in [0, 0.1) is 0 Å². The van der Waals surface area contributed by atoms with Crippen molar-refractivity contribution >= 4 is 28.3 Å². The third-order valence-electron chi connectivity index (χ3n) is 5.47. The topological polar surface area (TPSA) is 163 Å². The van der Waals surface area contributed by atoms with Gasteiger partial charge in [-0.25, -0.2) is 24.1 Å². The number of carbonyl (C=O) groups excluding carboxylic acids is 2. The van der Waals surface area contributed by atoms with Crippen molar-refractivity contribution in [3.63, 3.8) is 0 Å². The minimum Gasteiger partial charge on any atom is -0.493 e. The number of thiazole rings is 1. The number of aromatic amines is 1. The first kappa shape index (κ1) is 23.2. The Morgan fingerprint density at radius 3 is 2.89 bits per heavy atom. The molecule has 0 radical (unpaired) electrons. The van der Waals surface area contributed by atoms with Gasteiger partial charge in [-0.05, 0) is 18.2 Å². The Hall–Kier alpha value is -4.59. The van der Waals surface area contributed by atoms with Crippen molar-refractivity contribution in [2.24, 2.45) is 7.05 Å². The van der Waals surface area contributed by atoms with Crippen molar-refractivity contribution in [3.8, 4) is 28.6 Å². The van der Waals surface area contributed by atoms with Gasteiger partial charge in [0.05, 0.1) is 19.1 Å². The van der Waals surface area contributed by atoms with Crippen LogP contribution < -0.4 is 20.5 Å². The number of anilines is 1. The van der Waals surface area contributed by atoms with Gasteiger partial charge in [-0.3, -0.25) is 4.79 Å². The van der Waals surface area contributed by atoms with Gasteiger partial charge in [0.25, 0.3) is 0 Å². The number of methoxy groups -OCH3 is 1. The summed E-state index contributed by atoms with van der Waals surface area (Å²) in [4.78, 5) is 49.0. The monoisotopic (exact) mass is 512 g/mol. The van der Waals surface area contributed by atoms with Gasteiger partial charge in [0.1, 0.15) is 11.7 Å². The number of nitrogens with zero attached hydrogens (tertiary/aromatic N) is 4. The number of benzene rings is 1. The van der Waals surface area contributed by atoms with E-state index < -0.39 is 29.5 Å². The molecule has 14 heteroatoms. The highest BCUT2D eigenvalue weighted by molar-refractivity contribution is 7.14. The zero-order valence-corrected chi connectivity index (χ0v) is 19.9. The molecule has 0 bridgehead atoms. The first-order valence-electron chi connectivity index (χ1n) is 10.6. The molecule has 0 saturated carbocycles. The highest BCUT2D eigenvalue weighted by Gasteiger charge is 2.30. The Bertz CT molecular complexity index is 1520. The van der Waals surface area contributed by atoms with Crippen LogP contribution in [-0.2, 0) is 23.0 Å². The smallest absolute Gasteiger partial charge is 0.357 e. The van der Waals surface area contributed by atoms with E-state index in [2.05, 4.69) is 25.0 Å². The summed E-state index contributed by atoms with van der Waals surface area (Å²) in [5.74, 6) is -0.718. The molecule has 0 spiro atoms. The lowest BCUT2D eigenvalue weighted by Crippen LogP contribution is -2.33. The highest BCUT2D eigenvalue weighted by Crippen LogP contribution is 2.38. The number of H-pyrrole nitrogens is 1. The van der Waals surface area contributed by atoms with E-state index in [0.717, 1.165) is 15.9 Å². The lowest BCUT2D eigenvalue weighted by Gasteiger charge is -2.17. The molecule has 3 N–H and O–H groups in total. The van der Waals surface area contributed by atoms with Crippen LogP contribution in [0.2, 0.25) is 0 Å². The molecular weight excluding hydrogens is 492 g/mol. The number of amides is 1. The third kappa shape index (κ3) is 4.29. The highest BCUT2D eigenvalue weighted by atomic mass is 32.1. The predicted octanol–water partition coefficient (Wildman–Crippen LogP) is 1.68. The quantitative estimate of drug-likeness (QED) is 0.313. The number of carbonyl (C=O) groups is 2. The van der Waals surface area contributed by atoms with E-state index in [9.17, 15) is 19.5 Å². The van der Waals surface area contributed by atoms with Crippen molar-refractivity contribution < 1.29 is 28.9 Å². The van der Waals surface area contributed by atoms with Gasteiger partial charge in [-0.1, -0.05) is 0 Å². The molecule has 4 aromatic rings. The second kappa shape index (κ2) is 9.22. The number of nitrogens with one attached hydrogen (secondary N) is 2. The predicted molar refractivity (Wildman–Crippen MR) is 126 cm³/mol. The van der Waals surface area contributed by atoms with Crippen molar-refractivity contribution in [3.05, 3.63) is 58.0 Å². The maximum absolute atomic E-state index is 13.4. The third-order valence-corrected chi connectivity index (χ3v) is 6.23. The van der Waals surface area contributed by atoms with Crippen LogP contribution in [0.15, 0.2) is 40.9 Å². The van der Waals surface area contributed by atoms with Crippen molar-refractivity contribution in [1.29, 1.82) is 0 Å². The van der Waals surface area contributed by atoms with Crippen LogP contribution in [0.25, 0.3) is 11.3 Å².